The summed E-state index contributed by atoms with van der Waals surface area (Å²) in [5.41, 5.74) is 0. The number of carboxylic acid groups (broad SMARTS) is 1. The molecule has 0 aliphatic heterocycles. The molecular weight excluding hydrogens is 618 g/mol. The van der Waals surface area contributed by atoms with Crippen LogP contribution < -0.4 is 0 Å². The van der Waals surface area contributed by atoms with Crippen LogP contribution in [0.3, 0.4) is 0 Å². The van der Waals surface area contributed by atoms with Gasteiger partial charge in [-0.1, -0.05) is 100 Å². The number of aliphatic carboxylic acids is 1. The van der Waals surface area contributed by atoms with E-state index in [-0.39, 0.29) is 42.7 Å². The van der Waals surface area contributed by atoms with Crippen molar-refractivity contribution < 1.29 is 38.2 Å². The van der Waals surface area contributed by atoms with Gasteiger partial charge in [-0.05, 0) is 70.6 Å². The molecule has 0 spiro atoms. The molecule has 1 N–H and O–H groups in total. The number of rotatable bonds is 32. The first-order chi connectivity index (χ1) is 23.6. The van der Waals surface area contributed by atoms with Crippen molar-refractivity contribution in [3.8, 4) is 0 Å². The minimum absolute atomic E-state index is 0.0367. The predicted molar refractivity (Wildman–Crippen MR) is 201 cm³/mol. The molecule has 0 saturated carbocycles. The third-order valence-electron chi connectivity index (χ3n) is 7.90. The van der Waals surface area contributed by atoms with Gasteiger partial charge in [0.25, 0.3) is 0 Å². The summed E-state index contributed by atoms with van der Waals surface area (Å²) >= 11 is 0. The molecule has 0 fully saturated rings. The first kappa shape index (κ1) is 46.0. The zero-order valence-electron chi connectivity index (χ0n) is 31.6. The molecule has 8 nitrogen and oxygen atoms in total. The van der Waals surface area contributed by atoms with Crippen LogP contribution in [0.4, 0.5) is 0 Å². The molecule has 0 heterocycles. The van der Waals surface area contributed by atoms with Crippen molar-refractivity contribution in [2.45, 2.75) is 142 Å². The molecule has 49 heavy (non-hydrogen) atoms. The van der Waals surface area contributed by atoms with Crippen LogP contribution in [0.2, 0.25) is 0 Å². The van der Waals surface area contributed by atoms with Gasteiger partial charge in [-0.25, -0.2) is 4.79 Å². The minimum atomic E-state index is -0.888. The number of ether oxygens (including phenoxy) is 3. The quantitative estimate of drug-likeness (QED) is 0.0325. The number of hydrogen-bond donors (Lipinski definition) is 1. The number of esters is 2. The number of carboxylic acids is 1. The third kappa shape index (κ3) is 30.8. The maximum absolute atomic E-state index is 12.6. The number of allylic oxidation sites excluding steroid dienone is 10. The van der Waals surface area contributed by atoms with Gasteiger partial charge in [-0.2, -0.15) is 0 Å². The summed E-state index contributed by atoms with van der Waals surface area (Å²) in [6, 6.07) is -0.624. The van der Waals surface area contributed by atoms with Crippen LogP contribution in [0.1, 0.15) is 129 Å². The normalized spacial score (nSPS) is 13.7. The highest BCUT2D eigenvalue weighted by atomic mass is 16.6. The van der Waals surface area contributed by atoms with Gasteiger partial charge < -0.3 is 23.8 Å². The molecule has 0 aromatic rings. The molecule has 0 aliphatic rings. The summed E-state index contributed by atoms with van der Waals surface area (Å²) < 4.78 is 17.1. The average Bonchev–Trinajstić information content (AvgIpc) is 3.05. The van der Waals surface area contributed by atoms with Crippen molar-refractivity contribution in [1.29, 1.82) is 0 Å². The molecule has 0 bridgehead atoms. The Hall–Kier alpha value is -2.97. The van der Waals surface area contributed by atoms with Crippen LogP contribution >= 0.6 is 0 Å². The van der Waals surface area contributed by atoms with Gasteiger partial charge in [-0.3, -0.25) is 9.59 Å². The predicted octanol–water partition coefficient (Wildman–Crippen LogP) is 9.46. The van der Waals surface area contributed by atoms with Gasteiger partial charge in [0.05, 0.1) is 34.4 Å². The Bertz CT molecular complexity index is 990. The molecule has 0 amide bonds. The van der Waals surface area contributed by atoms with Crippen molar-refractivity contribution in [1.82, 2.24) is 0 Å². The molecule has 2 unspecified atom stereocenters. The molecule has 0 aromatic carbocycles. The number of carbonyl (C=O) groups excluding carboxylic acids is 2. The zero-order valence-corrected chi connectivity index (χ0v) is 31.6. The first-order valence-corrected chi connectivity index (χ1v) is 18.8. The molecule has 8 heteroatoms. The Morgan fingerprint density at radius 2 is 1.16 bits per heavy atom. The first-order valence-electron chi connectivity index (χ1n) is 18.8. The van der Waals surface area contributed by atoms with E-state index in [0.717, 1.165) is 64.2 Å². The largest absolute Gasteiger partial charge is 0.477 e. The Morgan fingerprint density at radius 1 is 0.633 bits per heavy atom. The zero-order chi connectivity index (χ0) is 36.4. The standard InChI is InChI=1S/C41H69NO7/c1-6-8-10-12-14-16-17-18-19-20-21-22-24-25-27-29-31-39(43)48-36-37(35-47-34-33-38(41(45)46)42(3,4)5)49-40(44)32-30-28-26-23-15-13-11-9-7-2/h8,10,14,16,18-19,21-23,26,37-38H,6-7,9,11-13,15,17,20,24-25,27-36H2,1-5H3/p+1/b10-8+,16-14+,19-18+,22-21+,26-23+. The molecule has 0 rings (SSSR count). The Balaban J connectivity index is 4.49. The highest BCUT2D eigenvalue weighted by Gasteiger charge is 2.31. The van der Waals surface area contributed by atoms with E-state index in [2.05, 4.69) is 74.6 Å². The monoisotopic (exact) mass is 689 g/mol. The van der Waals surface area contributed by atoms with E-state index in [1.165, 1.54) is 25.7 Å². The second-order valence-electron chi connectivity index (χ2n) is 13.4. The smallest absolute Gasteiger partial charge is 0.362 e. The van der Waals surface area contributed by atoms with Crippen LogP contribution in [0.5, 0.6) is 0 Å². The SMILES string of the molecule is CC/C=C/C/C=C/C/C=C/C/C=C/CCCCCC(=O)OCC(COCCC(C(=O)O)[N+](C)(C)C)OC(=O)CCC/C=C/CCCCCC. The van der Waals surface area contributed by atoms with Gasteiger partial charge in [0.2, 0.25) is 0 Å². The molecule has 0 aliphatic carbocycles. The van der Waals surface area contributed by atoms with E-state index in [0.29, 0.717) is 19.3 Å². The van der Waals surface area contributed by atoms with E-state index in [4.69, 9.17) is 14.2 Å². The molecular formula is C41H70NO7+. The van der Waals surface area contributed by atoms with Crippen molar-refractivity contribution in [3.63, 3.8) is 0 Å². The Labute approximate surface area is 298 Å². The van der Waals surface area contributed by atoms with Crippen LogP contribution in [-0.4, -0.2) is 80.6 Å². The van der Waals surface area contributed by atoms with Crippen LogP contribution in [0, 0.1) is 0 Å². The van der Waals surface area contributed by atoms with E-state index in [9.17, 15) is 19.5 Å². The lowest BCUT2D eigenvalue weighted by atomic mass is 10.1. The second kappa shape index (κ2) is 32.2. The third-order valence-corrected chi connectivity index (χ3v) is 7.90. The highest BCUT2D eigenvalue weighted by Crippen LogP contribution is 2.11. The summed E-state index contributed by atoms with van der Waals surface area (Å²) in [4.78, 5) is 36.7. The number of likely N-dealkylation sites (N-methyl/N-ethyl adjacent to an activating group) is 1. The van der Waals surface area contributed by atoms with Gasteiger partial charge in [0, 0.05) is 19.3 Å². The fraction of sp³-hybridized carbons (Fsp3) is 0.683. The van der Waals surface area contributed by atoms with Crippen LogP contribution in [0.25, 0.3) is 0 Å². The average molecular weight is 689 g/mol. The van der Waals surface area contributed by atoms with Crippen molar-refractivity contribution in [3.05, 3.63) is 60.8 Å². The second-order valence-corrected chi connectivity index (χ2v) is 13.4. The minimum Gasteiger partial charge on any atom is -0.477 e. The summed E-state index contributed by atoms with van der Waals surface area (Å²) in [5, 5.41) is 9.56. The number of carbonyl (C=O) groups is 3. The van der Waals surface area contributed by atoms with E-state index >= 15 is 0 Å². The topological polar surface area (TPSA) is 99.1 Å². The molecule has 0 aromatic heterocycles. The maximum Gasteiger partial charge on any atom is 0.362 e. The fourth-order valence-corrected chi connectivity index (χ4v) is 4.97. The van der Waals surface area contributed by atoms with Gasteiger partial charge in [-0.15, -0.1) is 0 Å². The number of quaternary nitrogens is 1. The molecule has 0 radical (unpaired) electrons. The Morgan fingerprint density at radius 3 is 1.73 bits per heavy atom. The highest BCUT2D eigenvalue weighted by molar-refractivity contribution is 5.72. The van der Waals surface area contributed by atoms with Gasteiger partial charge >= 0.3 is 17.9 Å². The molecule has 0 saturated heterocycles. The fourth-order valence-electron chi connectivity index (χ4n) is 4.97. The summed E-state index contributed by atoms with van der Waals surface area (Å²) in [6.45, 7) is 4.49. The summed E-state index contributed by atoms with van der Waals surface area (Å²) in [5.74, 6) is -1.56. The van der Waals surface area contributed by atoms with Crippen molar-refractivity contribution >= 4 is 17.9 Å². The number of hydrogen-bond acceptors (Lipinski definition) is 6. The lowest BCUT2D eigenvalue weighted by molar-refractivity contribution is -0.887. The van der Waals surface area contributed by atoms with Crippen LogP contribution in [0.15, 0.2) is 60.8 Å². The lowest BCUT2D eigenvalue weighted by Gasteiger charge is -2.31. The summed E-state index contributed by atoms with van der Waals surface area (Å²) in [7, 11) is 5.48. The van der Waals surface area contributed by atoms with Gasteiger partial charge in [0.15, 0.2) is 12.1 Å². The van der Waals surface area contributed by atoms with Gasteiger partial charge in [0.1, 0.15) is 6.61 Å². The van der Waals surface area contributed by atoms with Crippen LogP contribution in [-0.2, 0) is 28.6 Å². The van der Waals surface area contributed by atoms with E-state index < -0.39 is 18.1 Å². The van der Waals surface area contributed by atoms with E-state index in [1.54, 1.807) is 0 Å². The van der Waals surface area contributed by atoms with E-state index in [1.807, 2.05) is 21.1 Å². The number of unbranched alkanes of at least 4 members (excludes halogenated alkanes) is 8. The lowest BCUT2D eigenvalue weighted by Crippen LogP contribution is -2.50. The molecule has 280 valence electrons. The van der Waals surface area contributed by atoms with Crippen molar-refractivity contribution in [2.24, 2.45) is 0 Å². The van der Waals surface area contributed by atoms with Crippen molar-refractivity contribution in [2.75, 3.05) is 41.0 Å². The Kier molecular flexibility index (Phi) is 30.3. The maximum atomic E-state index is 12.6. The summed E-state index contributed by atoms with van der Waals surface area (Å²) in [6.07, 6.45) is 37.1. The number of nitrogens with zero attached hydrogens (tertiary/aromatic N) is 1. The molecule has 2 atom stereocenters.